The summed E-state index contributed by atoms with van der Waals surface area (Å²) in [5, 5.41) is 0. The van der Waals surface area contributed by atoms with Crippen LogP contribution in [-0.2, 0) is 17.1 Å². The Morgan fingerprint density at radius 3 is 1.02 bits per heavy atom. The van der Waals surface area contributed by atoms with Crippen molar-refractivity contribution in [3.8, 4) is 0 Å². The van der Waals surface area contributed by atoms with E-state index in [1.54, 1.807) is 6.66 Å². The summed E-state index contributed by atoms with van der Waals surface area (Å²) in [7, 11) is 0. The molecule has 0 aromatic heterocycles. The van der Waals surface area contributed by atoms with Crippen LogP contribution in [0, 0.1) is 0 Å². The minimum absolute atomic E-state index is 0. The van der Waals surface area contributed by atoms with Gasteiger partial charge in [0.05, 0.1) is 0 Å². The topological polar surface area (TPSA) is 0 Å². The molecule has 6 rings (SSSR count). The Kier molecular flexibility index (Phi) is 9.27. The Labute approximate surface area is 253 Å². The third kappa shape index (κ3) is 5.78. The Hall–Kier alpha value is -2.49. The number of benzene rings is 4. The summed E-state index contributed by atoms with van der Waals surface area (Å²) < 4.78 is 8.82. The van der Waals surface area contributed by atoms with E-state index in [0.717, 1.165) is 12.8 Å². The van der Waals surface area contributed by atoms with Crippen LogP contribution in [0.2, 0.25) is 9.36 Å². The molecule has 0 nitrogen and oxygen atoms in total. The number of rotatable bonds is 6. The van der Waals surface area contributed by atoms with E-state index in [0.29, 0.717) is 0 Å². The van der Waals surface area contributed by atoms with Gasteiger partial charge in [0.1, 0.15) is 0 Å². The van der Waals surface area contributed by atoms with E-state index < -0.39 is 17.1 Å². The Balaban J connectivity index is 0.00000185. The molecule has 4 aromatic rings. The monoisotopic (exact) mass is 746 g/mol. The van der Waals surface area contributed by atoms with Gasteiger partial charge in [0.15, 0.2) is 0 Å². The second-order valence-corrected chi connectivity index (χ2v) is 52.6. The van der Waals surface area contributed by atoms with E-state index in [1.165, 1.54) is 44.5 Å². The van der Waals surface area contributed by atoms with Crippen LogP contribution in [0.1, 0.15) is 35.1 Å². The summed E-state index contributed by atoms with van der Waals surface area (Å²) in [4.78, 5) is 0. The van der Waals surface area contributed by atoms with Crippen LogP contribution in [0.25, 0.3) is 22.3 Å². The summed E-state index contributed by atoms with van der Waals surface area (Å²) in [5.74, 6) is 0. The summed E-state index contributed by atoms with van der Waals surface area (Å²) >= 11 is -3.82. The molecule has 4 heteroatoms. The maximum absolute atomic E-state index is 3.82. The number of hydrogen-bond acceptors (Lipinski definition) is 0. The van der Waals surface area contributed by atoms with E-state index >= 15 is 0 Å². The zero-order valence-corrected chi connectivity index (χ0v) is 29.8. The second-order valence-electron chi connectivity index (χ2n) is 11.6. The summed E-state index contributed by atoms with van der Waals surface area (Å²) in [6.07, 6.45) is 7.10. The predicted molar refractivity (Wildman–Crippen MR) is 180 cm³/mol. The first-order chi connectivity index (χ1) is 18.4. The average Bonchev–Trinajstić information content (AvgIpc) is 3.63. The minimum atomic E-state index is -3.82. The molecule has 0 aliphatic heterocycles. The van der Waals surface area contributed by atoms with Crippen molar-refractivity contribution in [1.82, 2.24) is 0 Å². The van der Waals surface area contributed by atoms with Gasteiger partial charge in [-0.05, 0) is 0 Å². The van der Waals surface area contributed by atoms with Crippen molar-refractivity contribution in [3.63, 3.8) is 0 Å². The molecule has 0 spiro atoms. The van der Waals surface area contributed by atoms with Crippen molar-refractivity contribution >= 4 is 54.0 Å². The van der Waals surface area contributed by atoms with Crippen LogP contribution >= 0.6 is 24.8 Å². The van der Waals surface area contributed by atoms with Crippen molar-refractivity contribution in [2.24, 2.45) is 0 Å². The van der Waals surface area contributed by atoms with Crippen molar-refractivity contribution in [2.75, 3.05) is 0 Å². The van der Waals surface area contributed by atoms with Crippen LogP contribution < -0.4 is 0 Å². The first kappa shape index (κ1) is 30.5. The first-order valence-electron chi connectivity index (χ1n) is 13.6. The van der Waals surface area contributed by atoms with Crippen molar-refractivity contribution < 1.29 is 17.1 Å². The van der Waals surface area contributed by atoms with Gasteiger partial charge in [0.25, 0.3) is 0 Å². The predicted octanol–water partition coefficient (Wildman–Crippen LogP) is 9.96. The van der Waals surface area contributed by atoms with E-state index in [1.807, 2.05) is 0 Å². The van der Waals surface area contributed by atoms with Gasteiger partial charge in [-0.2, -0.15) is 0 Å². The van der Waals surface area contributed by atoms with Crippen LogP contribution in [0.5, 0.6) is 0 Å². The molecule has 0 saturated carbocycles. The van der Waals surface area contributed by atoms with Gasteiger partial charge in [-0.15, -0.1) is 24.8 Å². The normalized spacial score (nSPS) is 15.3. The molecule has 0 amide bonds. The van der Waals surface area contributed by atoms with Gasteiger partial charge < -0.3 is 0 Å². The number of halogens is 2. The molecule has 0 atom stereocenters. The molecule has 2 aliphatic carbocycles. The van der Waals surface area contributed by atoms with Crippen LogP contribution in [0.4, 0.5) is 0 Å². The van der Waals surface area contributed by atoms with E-state index in [9.17, 15) is 0 Å². The third-order valence-corrected chi connectivity index (χ3v) is 32.5. The van der Waals surface area contributed by atoms with Gasteiger partial charge in [-0.3, -0.25) is 0 Å². The standard InChI is InChI=1S/2C17H13.2CH3.2ClH.Hf.H2Si/c2*1-3-7-14(8-4-1)16-11-12-17(13-16)15-9-5-2-6-10-15;;;;;;/h2*1-10,13H,11H2;2*1H3;2*1H;;1H2. The van der Waals surface area contributed by atoms with Crippen LogP contribution in [0.15, 0.2) is 140 Å². The summed E-state index contributed by atoms with van der Waals surface area (Å²) in [6.45, 7) is 2.39. The zero-order chi connectivity index (χ0) is 26.2. The molecule has 0 unspecified atom stereocenters. The number of hydrogen-bond donors (Lipinski definition) is 0. The molecule has 0 fully saturated rings. The number of allylic oxidation sites excluding steroid dienone is 8. The fourth-order valence-corrected chi connectivity index (χ4v) is 25.9. The molecule has 202 valence electrons. The van der Waals surface area contributed by atoms with Crippen molar-refractivity contribution in [3.05, 3.63) is 162 Å². The SMILES string of the molecule is Cl.Cl.[CH3][Hf]([CH3])(=[SiH2])([C]1=C(c2ccccc2)C=C(c2ccccc2)C1)[C]1=C(c2ccccc2)C=C(c2ccccc2)C1. The molecular weight excluding hydrogens is 710 g/mol. The quantitative estimate of drug-likeness (QED) is 0.173. The summed E-state index contributed by atoms with van der Waals surface area (Å²) in [5.41, 5.74) is 11.2. The van der Waals surface area contributed by atoms with E-state index in [2.05, 4.69) is 150 Å². The zero-order valence-electron chi connectivity index (χ0n) is 23.1. The molecule has 0 N–H and O–H groups in total. The van der Waals surface area contributed by atoms with Crippen LogP contribution in [0.3, 0.4) is 0 Å². The molecule has 0 heterocycles. The summed E-state index contributed by atoms with van der Waals surface area (Å²) in [6, 6.07) is 44.1. The van der Waals surface area contributed by atoms with Gasteiger partial charge in [-0.25, -0.2) is 0 Å². The Morgan fingerprint density at radius 1 is 0.450 bits per heavy atom. The van der Waals surface area contributed by atoms with Crippen molar-refractivity contribution in [2.45, 2.75) is 22.2 Å². The van der Waals surface area contributed by atoms with E-state index in [-0.39, 0.29) is 24.8 Å². The van der Waals surface area contributed by atoms with Gasteiger partial charge in [0.2, 0.25) is 0 Å². The second kappa shape index (κ2) is 12.2. The van der Waals surface area contributed by atoms with Gasteiger partial charge >= 0.3 is 231 Å². The van der Waals surface area contributed by atoms with Crippen molar-refractivity contribution in [1.29, 1.82) is 0 Å². The third-order valence-electron chi connectivity index (χ3n) is 8.42. The molecule has 0 bridgehead atoms. The Morgan fingerprint density at radius 2 is 0.725 bits per heavy atom. The molecule has 2 aliphatic rings. The average molecular weight is 746 g/mol. The first-order valence-corrected chi connectivity index (χ1v) is 32.7. The van der Waals surface area contributed by atoms with Crippen LogP contribution in [-0.4, -0.2) is 6.94 Å². The molecule has 4 aromatic carbocycles. The van der Waals surface area contributed by atoms with Gasteiger partial charge in [0, 0.05) is 0 Å². The Bertz CT molecular complexity index is 1570. The fraction of sp³-hybridized carbons (Fsp3) is 0.111. The molecule has 40 heavy (non-hydrogen) atoms. The maximum atomic E-state index is 2.69. The molecular formula is C36H36Cl2HfSi. The molecule has 0 saturated heterocycles. The van der Waals surface area contributed by atoms with E-state index in [4.69, 9.17) is 0 Å². The fourth-order valence-electron chi connectivity index (χ4n) is 6.23. The van der Waals surface area contributed by atoms with Gasteiger partial charge in [-0.1, -0.05) is 0 Å². The molecule has 0 radical (unpaired) electrons.